The molecular formula is C12H10Cl2N2OS. The second-order valence-electron chi connectivity index (χ2n) is 3.69. The van der Waals surface area contributed by atoms with Crippen molar-refractivity contribution >= 4 is 40.4 Å². The van der Waals surface area contributed by atoms with E-state index >= 15 is 0 Å². The van der Waals surface area contributed by atoms with Crippen LogP contribution in [-0.2, 0) is 6.54 Å². The number of carbonyl (C=O) groups excluding carboxylic acids is 1. The monoisotopic (exact) mass is 300 g/mol. The van der Waals surface area contributed by atoms with Crippen LogP contribution in [0.5, 0.6) is 0 Å². The van der Waals surface area contributed by atoms with Crippen LogP contribution in [0.3, 0.4) is 0 Å². The number of aromatic nitrogens is 1. The number of amides is 1. The lowest BCUT2D eigenvalue weighted by Gasteiger charge is -2.04. The third-order valence-electron chi connectivity index (χ3n) is 2.28. The number of hydrogen-bond donors (Lipinski definition) is 1. The van der Waals surface area contributed by atoms with Crippen molar-refractivity contribution in [3.8, 4) is 0 Å². The highest BCUT2D eigenvalue weighted by molar-refractivity contribution is 7.20. The molecule has 3 nitrogen and oxygen atoms in total. The summed E-state index contributed by atoms with van der Waals surface area (Å²) in [7, 11) is 0. The number of thiophene rings is 1. The number of nitrogens with one attached hydrogen (secondary N) is 1. The molecule has 0 unspecified atom stereocenters. The van der Waals surface area contributed by atoms with Crippen molar-refractivity contribution < 1.29 is 4.79 Å². The van der Waals surface area contributed by atoms with Gasteiger partial charge in [-0.15, -0.1) is 11.3 Å². The van der Waals surface area contributed by atoms with Crippen LogP contribution in [0.4, 0.5) is 0 Å². The minimum atomic E-state index is -0.244. The number of aryl methyl sites for hydroxylation is 1. The lowest BCUT2D eigenvalue weighted by atomic mass is 10.3. The first kappa shape index (κ1) is 13.3. The number of halogens is 2. The topological polar surface area (TPSA) is 42.0 Å². The fourth-order valence-electron chi connectivity index (χ4n) is 1.46. The molecule has 0 atom stereocenters. The zero-order valence-electron chi connectivity index (χ0n) is 9.54. The maximum Gasteiger partial charge on any atom is 0.254 e. The predicted octanol–water partition coefficient (Wildman–Crippen LogP) is 3.69. The van der Waals surface area contributed by atoms with E-state index in [-0.39, 0.29) is 5.91 Å². The summed E-state index contributed by atoms with van der Waals surface area (Å²) in [6, 6.07) is 7.22. The molecule has 2 heterocycles. The van der Waals surface area contributed by atoms with E-state index in [1.165, 1.54) is 11.3 Å². The van der Waals surface area contributed by atoms with Crippen LogP contribution in [0.1, 0.15) is 21.7 Å². The zero-order valence-corrected chi connectivity index (χ0v) is 11.9. The van der Waals surface area contributed by atoms with Crippen molar-refractivity contribution in [2.24, 2.45) is 0 Å². The summed E-state index contributed by atoms with van der Waals surface area (Å²) in [6.07, 6.45) is 0. The van der Waals surface area contributed by atoms with Crippen molar-refractivity contribution in [2.75, 3.05) is 0 Å². The molecule has 2 aromatic rings. The van der Waals surface area contributed by atoms with Gasteiger partial charge in [0.15, 0.2) is 0 Å². The van der Waals surface area contributed by atoms with E-state index in [4.69, 9.17) is 23.2 Å². The van der Waals surface area contributed by atoms with Gasteiger partial charge in [0, 0.05) is 5.69 Å². The van der Waals surface area contributed by atoms with Gasteiger partial charge in [-0.2, -0.15) is 0 Å². The molecule has 6 heteroatoms. The fraction of sp³-hybridized carbons (Fsp3) is 0.167. The van der Waals surface area contributed by atoms with Crippen molar-refractivity contribution in [3.05, 3.63) is 49.9 Å². The molecular weight excluding hydrogens is 291 g/mol. The van der Waals surface area contributed by atoms with E-state index in [0.29, 0.717) is 20.8 Å². The largest absolute Gasteiger partial charge is 0.346 e. The summed E-state index contributed by atoms with van der Waals surface area (Å²) >= 11 is 12.9. The van der Waals surface area contributed by atoms with Gasteiger partial charge in [0.25, 0.3) is 5.91 Å². The molecule has 1 N–H and O–H groups in total. The number of rotatable bonds is 3. The second-order valence-corrected chi connectivity index (χ2v) is 5.98. The average Bonchev–Trinajstić information content (AvgIpc) is 2.66. The zero-order chi connectivity index (χ0) is 13.1. The Bertz CT molecular complexity index is 583. The lowest BCUT2D eigenvalue weighted by molar-refractivity contribution is 0.0951. The molecule has 0 aliphatic rings. The Morgan fingerprint density at radius 2 is 2.22 bits per heavy atom. The molecule has 0 fully saturated rings. The molecule has 0 bridgehead atoms. The summed E-state index contributed by atoms with van der Waals surface area (Å²) < 4.78 is 0.897. The Balaban J connectivity index is 2.03. The quantitative estimate of drug-likeness (QED) is 0.939. The lowest BCUT2D eigenvalue weighted by Crippen LogP contribution is -2.23. The van der Waals surface area contributed by atoms with E-state index < -0.39 is 0 Å². The van der Waals surface area contributed by atoms with E-state index in [1.807, 2.05) is 25.1 Å². The first-order chi connectivity index (χ1) is 8.56. The highest BCUT2D eigenvalue weighted by Crippen LogP contribution is 2.30. The van der Waals surface area contributed by atoms with Crippen molar-refractivity contribution in [2.45, 2.75) is 13.5 Å². The third kappa shape index (κ3) is 3.22. The standard InChI is InChI=1S/C12H10Cl2N2OS/c1-7-3-2-4-8(16-7)6-15-12(17)9-5-10(13)18-11(9)14/h2-5H,6H2,1H3,(H,15,17). The van der Waals surface area contributed by atoms with E-state index in [0.717, 1.165) is 11.4 Å². The molecule has 1 amide bonds. The van der Waals surface area contributed by atoms with Gasteiger partial charge in [-0.1, -0.05) is 29.3 Å². The SMILES string of the molecule is Cc1cccc(CNC(=O)c2cc(Cl)sc2Cl)n1. The minimum Gasteiger partial charge on any atom is -0.346 e. The second kappa shape index (κ2) is 5.69. The van der Waals surface area contributed by atoms with Gasteiger partial charge in [0.1, 0.15) is 4.34 Å². The van der Waals surface area contributed by atoms with Gasteiger partial charge in [0.05, 0.1) is 22.1 Å². The van der Waals surface area contributed by atoms with E-state index in [1.54, 1.807) is 6.07 Å². The molecule has 2 aromatic heterocycles. The molecule has 0 aliphatic carbocycles. The summed E-state index contributed by atoms with van der Waals surface area (Å²) in [5.74, 6) is -0.244. The molecule has 18 heavy (non-hydrogen) atoms. The number of pyridine rings is 1. The van der Waals surface area contributed by atoms with Crippen LogP contribution in [0.2, 0.25) is 8.67 Å². The van der Waals surface area contributed by atoms with Crippen LogP contribution in [0, 0.1) is 6.92 Å². The Morgan fingerprint density at radius 3 is 2.83 bits per heavy atom. The van der Waals surface area contributed by atoms with Gasteiger partial charge < -0.3 is 5.32 Å². The Morgan fingerprint density at radius 1 is 1.44 bits per heavy atom. The first-order valence-electron chi connectivity index (χ1n) is 5.22. The number of nitrogens with zero attached hydrogens (tertiary/aromatic N) is 1. The summed E-state index contributed by atoms with van der Waals surface area (Å²) in [6.45, 7) is 2.27. The number of carbonyl (C=O) groups is 1. The Hall–Kier alpha value is -1.10. The van der Waals surface area contributed by atoms with Crippen LogP contribution in [0.15, 0.2) is 24.3 Å². The molecule has 0 radical (unpaired) electrons. The molecule has 0 aromatic carbocycles. The smallest absolute Gasteiger partial charge is 0.254 e. The predicted molar refractivity (Wildman–Crippen MR) is 74.5 cm³/mol. The Kier molecular flexibility index (Phi) is 4.22. The van der Waals surface area contributed by atoms with Crippen molar-refractivity contribution in [3.63, 3.8) is 0 Å². The van der Waals surface area contributed by atoms with Gasteiger partial charge in [0.2, 0.25) is 0 Å². The van der Waals surface area contributed by atoms with Crippen LogP contribution in [-0.4, -0.2) is 10.9 Å². The van der Waals surface area contributed by atoms with Crippen LogP contribution < -0.4 is 5.32 Å². The van der Waals surface area contributed by atoms with E-state index in [9.17, 15) is 4.79 Å². The van der Waals surface area contributed by atoms with Crippen LogP contribution in [0.25, 0.3) is 0 Å². The van der Waals surface area contributed by atoms with Gasteiger partial charge in [-0.25, -0.2) is 0 Å². The molecule has 0 spiro atoms. The fourth-order valence-corrected chi connectivity index (χ4v) is 2.92. The van der Waals surface area contributed by atoms with Gasteiger partial charge >= 0.3 is 0 Å². The number of hydrogen-bond acceptors (Lipinski definition) is 3. The summed E-state index contributed by atoms with van der Waals surface area (Å²) in [4.78, 5) is 16.2. The van der Waals surface area contributed by atoms with Crippen LogP contribution >= 0.6 is 34.5 Å². The summed E-state index contributed by atoms with van der Waals surface area (Å²) in [5.41, 5.74) is 2.12. The first-order valence-corrected chi connectivity index (χ1v) is 6.79. The maximum atomic E-state index is 11.9. The highest BCUT2D eigenvalue weighted by atomic mass is 35.5. The minimum absolute atomic E-state index is 0.244. The third-order valence-corrected chi connectivity index (χ3v) is 3.76. The highest BCUT2D eigenvalue weighted by Gasteiger charge is 2.13. The van der Waals surface area contributed by atoms with Crippen molar-refractivity contribution in [1.29, 1.82) is 0 Å². The molecule has 0 aliphatic heterocycles. The van der Waals surface area contributed by atoms with Gasteiger partial charge in [-0.3, -0.25) is 9.78 Å². The molecule has 94 valence electrons. The summed E-state index contributed by atoms with van der Waals surface area (Å²) in [5, 5.41) is 2.76. The molecule has 0 saturated heterocycles. The Labute approximate surface area is 119 Å². The maximum absolute atomic E-state index is 11.9. The van der Waals surface area contributed by atoms with Crippen molar-refractivity contribution in [1.82, 2.24) is 10.3 Å². The molecule has 2 rings (SSSR count). The molecule has 0 saturated carbocycles. The van der Waals surface area contributed by atoms with E-state index in [2.05, 4.69) is 10.3 Å². The van der Waals surface area contributed by atoms with Gasteiger partial charge in [-0.05, 0) is 25.1 Å². The average molecular weight is 301 g/mol. The normalized spacial score (nSPS) is 10.4.